The van der Waals surface area contributed by atoms with Crippen LogP contribution in [-0.2, 0) is 16.6 Å². The van der Waals surface area contributed by atoms with Crippen molar-refractivity contribution < 1.29 is 18.8 Å². The monoisotopic (exact) mass is 409 g/mol. The van der Waals surface area contributed by atoms with E-state index in [1.54, 1.807) is 6.08 Å². The number of rotatable bonds is 4. The molecular formula is C21H16FN3O3S. The molecule has 0 aliphatic carbocycles. The largest absolute Gasteiger partial charge is 0.350 e. The number of benzene rings is 2. The van der Waals surface area contributed by atoms with Gasteiger partial charge in [0.2, 0.25) is 5.91 Å². The van der Waals surface area contributed by atoms with E-state index in [1.165, 1.54) is 24.3 Å². The third kappa shape index (κ3) is 3.79. The van der Waals surface area contributed by atoms with Crippen molar-refractivity contribution >= 4 is 51.5 Å². The molecule has 8 heteroatoms. The first-order chi connectivity index (χ1) is 13.9. The molecule has 2 aromatic carbocycles. The molecule has 1 aliphatic heterocycles. The molecule has 146 valence electrons. The van der Waals surface area contributed by atoms with E-state index in [2.05, 4.69) is 5.32 Å². The van der Waals surface area contributed by atoms with Crippen molar-refractivity contribution in [3.8, 4) is 0 Å². The molecule has 1 aliphatic rings. The summed E-state index contributed by atoms with van der Waals surface area (Å²) in [6.07, 6.45) is 3.56. The fourth-order valence-corrected chi connectivity index (χ4v) is 3.97. The lowest BCUT2D eigenvalue weighted by atomic mass is 10.1. The highest BCUT2D eigenvalue weighted by Gasteiger charge is 2.36. The normalized spacial score (nSPS) is 15.5. The minimum atomic E-state index is -0.537. The fraction of sp³-hybridized carbons (Fsp3) is 0.0952. The summed E-state index contributed by atoms with van der Waals surface area (Å²) < 4.78 is 14.9. The Morgan fingerprint density at radius 1 is 1.14 bits per heavy atom. The molecule has 1 fully saturated rings. The van der Waals surface area contributed by atoms with Crippen molar-refractivity contribution in [1.82, 2.24) is 9.47 Å². The molecule has 1 saturated heterocycles. The Balaban J connectivity index is 1.51. The molecule has 0 saturated carbocycles. The predicted molar refractivity (Wildman–Crippen MR) is 111 cm³/mol. The van der Waals surface area contributed by atoms with Gasteiger partial charge in [-0.3, -0.25) is 19.3 Å². The van der Waals surface area contributed by atoms with Crippen LogP contribution in [0, 0.1) is 5.82 Å². The number of halogens is 1. The number of hydrogen-bond acceptors (Lipinski definition) is 4. The van der Waals surface area contributed by atoms with Gasteiger partial charge in [-0.15, -0.1) is 0 Å². The van der Waals surface area contributed by atoms with Crippen molar-refractivity contribution in [1.29, 1.82) is 0 Å². The van der Waals surface area contributed by atoms with E-state index in [0.717, 1.165) is 33.1 Å². The maximum Gasteiger partial charge on any atom is 0.294 e. The van der Waals surface area contributed by atoms with Crippen LogP contribution in [0.2, 0.25) is 0 Å². The number of aryl methyl sites for hydroxylation is 1. The number of aromatic nitrogens is 1. The third-order valence-corrected chi connectivity index (χ3v) is 5.43. The number of imide groups is 1. The van der Waals surface area contributed by atoms with Gasteiger partial charge in [0.1, 0.15) is 12.4 Å². The number of carbonyl (C=O) groups is 3. The average molecular weight is 409 g/mol. The van der Waals surface area contributed by atoms with Gasteiger partial charge < -0.3 is 9.88 Å². The summed E-state index contributed by atoms with van der Waals surface area (Å²) in [6.45, 7) is -0.408. The molecule has 0 unspecified atom stereocenters. The van der Waals surface area contributed by atoms with E-state index < -0.39 is 29.4 Å². The number of nitrogens with one attached hydrogen (secondary N) is 1. The number of amides is 3. The summed E-state index contributed by atoms with van der Waals surface area (Å²) >= 11 is 0.804. The average Bonchev–Trinajstić information content (AvgIpc) is 3.15. The van der Waals surface area contributed by atoms with E-state index in [9.17, 15) is 18.8 Å². The number of hydrogen-bond donors (Lipinski definition) is 1. The Kier molecular flexibility index (Phi) is 4.94. The van der Waals surface area contributed by atoms with Gasteiger partial charge in [0.15, 0.2) is 0 Å². The van der Waals surface area contributed by atoms with Gasteiger partial charge in [0, 0.05) is 35.4 Å². The van der Waals surface area contributed by atoms with Gasteiger partial charge in [-0.1, -0.05) is 18.2 Å². The van der Waals surface area contributed by atoms with Crippen molar-refractivity contribution in [2.45, 2.75) is 0 Å². The van der Waals surface area contributed by atoms with E-state index in [0.29, 0.717) is 5.69 Å². The van der Waals surface area contributed by atoms with Gasteiger partial charge >= 0.3 is 0 Å². The number of nitrogens with zero attached hydrogens (tertiary/aromatic N) is 2. The molecule has 6 nitrogen and oxygen atoms in total. The van der Waals surface area contributed by atoms with E-state index in [-0.39, 0.29) is 4.91 Å². The summed E-state index contributed by atoms with van der Waals surface area (Å²) in [5.74, 6) is -1.47. The molecular weight excluding hydrogens is 393 g/mol. The molecule has 4 rings (SSSR count). The van der Waals surface area contributed by atoms with Gasteiger partial charge in [-0.05, 0) is 48.2 Å². The van der Waals surface area contributed by atoms with Crippen LogP contribution in [0.25, 0.3) is 17.0 Å². The fourth-order valence-electron chi connectivity index (χ4n) is 3.14. The molecule has 0 bridgehead atoms. The zero-order valence-corrected chi connectivity index (χ0v) is 16.2. The standard InChI is InChI=1S/C21H16FN3O3S/c1-24-11-13(16-4-2-3-5-17(16)24)10-18-20(27)25(21(28)29-18)12-19(26)23-15-8-6-14(22)7-9-15/h2-11H,12H2,1H3,(H,23,26). The molecule has 29 heavy (non-hydrogen) atoms. The predicted octanol–water partition coefficient (Wildman–Crippen LogP) is 3.99. The van der Waals surface area contributed by atoms with Gasteiger partial charge in [0.05, 0.1) is 4.91 Å². The second kappa shape index (κ2) is 7.56. The summed E-state index contributed by atoms with van der Waals surface area (Å²) in [6, 6.07) is 13.0. The number of anilines is 1. The lowest BCUT2D eigenvalue weighted by Crippen LogP contribution is -2.36. The first-order valence-corrected chi connectivity index (χ1v) is 9.59. The highest BCUT2D eigenvalue weighted by Crippen LogP contribution is 2.33. The van der Waals surface area contributed by atoms with E-state index >= 15 is 0 Å². The molecule has 0 atom stereocenters. The zero-order valence-electron chi connectivity index (χ0n) is 15.4. The van der Waals surface area contributed by atoms with Crippen LogP contribution < -0.4 is 5.32 Å². The zero-order chi connectivity index (χ0) is 20.5. The topological polar surface area (TPSA) is 71.4 Å². The van der Waals surface area contributed by atoms with E-state index in [4.69, 9.17) is 0 Å². The maximum absolute atomic E-state index is 13.0. The highest BCUT2D eigenvalue weighted by atomic mass is 32.2. The molecule has 1 N–H and O–H groups in total. The number of fused-ring (bicyclic) bond motifs is 1. The second-order valence-electron chi connectivity index (χ2n) is 6.54. The molecule has 3 aromatic rings. The van der Waals surface area contributed by atoms with Crippen LogP contribution in [-0.4, -0.2) is 33.1 Å². The van der Waals surface area contributed by atoms with Crippen LogP contribution in [0.1, 0.15) is 5.56 Å². The SMILES string of the molecule is Cn1cc(C=C2SC(=O)N(CC(=O)Nc3ccc(F)cc3)C2=O)c2ccccc21. The highest BCUT2D eigenvalue weighted by molar-refractivity contribution is 8.18. The lowest BCUT2D eigenvalue weighted by molar-refractivity contribution is -0.127. The third-order valence-electron chi connectivity index (χ3n) is 4.52. The Morgan fingerprint density at radius 2 is 1.86 bits per heavy atom. The van der Waals surface area contributed by atoms with E-state index in [1.807, 2.05) is 42.1 Å². The Bertz CT molecular complexity index is 1170. The molecule has 3 amide bonds. The lowest BCUT2D eigenvalue weighted by Gasteiger charge is -2.12. The van der Waals surface area contributed by atoms with Crippen molar-refractivity contribution in [3.05, 3.63) is 71.0 Å². The van der Waals surface area contributed by atoms with Crippen LogP contribution in [0.4, 0.5) is 14.9 Å². The Labute approximate surface area is 170 Å². The molecule has 1 aromatic heterocycles. The van der Waals surface area contributed by atoms with Crippen molar-refractivity contribution in [2.24, 2.45) is 7.05 Å². The summed E-state index contributed by atoms with van der Waals surface area (Å²) in [5, 5.41) is 3.01. The van der Waals surface area contributed by atoms with Gasteiger partial charge in [-0.2, -0.15) is 0 Å². The van der Waals surface area contributed by atoms with Gasteiger partial charge in [-0.25, -0.2) is 4.39 Å². The Hall–Kier alpha value is -3.39. The first kappa shape index (κ1) is 18.9. The van der Waals surface area contributed by atoms with Crippen molar-refractivity contribution in [3.63, 3.8) is 0 Å². The first-order valence-electron chi connectivity index (χ1n) is 8.77. The second-order valence-corrected chi connectivity index (χ2v) is 7.53. The molecule has 0 radical (unpaired) electrons. The van der Waals surface area contributed by atoms with Crippen LogP contribution >= 0.6 is 11.8 Å². The quantitative estimate of drug-likeness (QED) is 0.662. The molecule has 0 spiro atoms. The smallest absolute Gasteiger partial charge is 0.294 e. The van der Waals surface area contributed by atoms with Crippen LogP contribution in [0.3, 0.4) is 0 Å². The maximum atomic E-state index is 13.0. The number of para-hydroxylation sites is 1. The van der Waals surface area contributed by atoms with Crippen LogP contribution in [0.15, 0.2) is 59.6 Å². The number of thioether (sulfide) groups is 1. The van der Waals surface area contributed by atoms with Crippen LogP contribution in [0.5, 0.6) is 0 Å². The summed E-state index contributed by atoms with van der Waals surface area (Å²) in [5.41, 5.74) is 2.22. The Morgan fingerprint density at radius 3 is 2.62 bits per heavy atom. The summed E-state index contributed by atoms with van der Waals surface area (Å²) in [7, 11) is 1.91. The molecule has 2 heterocycles. The summed E-state index contributed by atoms with van der Waals surface area (Å²) in [4.78, 5) is 38.3. The van der Waals surface area contributed by atoms with Gasteiger partial charge in [0.25, 0.3) is 11.1 Å². The van der Waals surface area contributed by atoms with Crippen molar-refractivity contribution in [2.75, 3.05) is 11.9 Å². The minimum absolute atomic E-state index is 0.265. The minimum Gasteiger partial charge on any atom is -0.350 e. The number of carbonyl (C=O) groups excluding carboxylic acids is 3.